The van der Waals surface area contributed by atoms with Crippen molar-refractivity contribution in [3.05, 3.63) is 18.2 Å². The van der Waals surface area contributed by atoms with Gasteiger partial charge >= 0.3 is 0 Å². The van der Waals surface area contributed by atoms with Gasteiger partial charge in [-0.3, -0.25) is 5.10 Å². The van der Waals surface area contributed by atoms with Crippen LogP contribution in [0.3, 0.4) is 0 Å². The van der Waals surface area contributed by atoms with Gasteiger partial charge in [0.05, 0.1) is 21.9 Å². The lowest BCUT2D eigenvalue weighted by atomic mass is 10.3. The van der Waals surface area contributed by atoms with E-state index in [9.17, 15) is 0 Å². The minimum absolute atomic E-state index is 0.201. The Morgan fingerprint density at radius 1 is 1.33 bits per heavy atom. The summed E-state index contributed by atoms with van der Waals surface area (Å²) in [6.45, 7) is 0. The number of H-pyrrole nitrogens is 1. The quantitative estimate of drug-likeness (QED) is 0.477. The molecule has 12 heavy (non-hydrogen) atoms. The fraction of sp³-hybridized carbons (Fsp3) is 0.167. The molecule has 0 aliphatic heterocycles. The number of aromatic amines is 1. The van der Waals surface area contributed by atoms with Crippen molar-refractivity contribution < 1.29 is 0 Å². The SMILES string of the molecule is SC(S)c1ncnc2[nH]ncc12. The van der Waals surface area contributed by atoms with Crippen LogP contribution in [0.1, 0.15) is 10.3 Å². The molecule has 62 valence electrons. The van der Waals surface area contributed by atoms with Crippen LogP contribution in [0.4, 0.5) is 0 Å². The number of fused-ring (bicyclic) bond motifs is 1. The molecular weight excluding hydrogens is 192 g/mol. The Bertz CT molecular complexity index is 397. The van der Waals surface area contributed by atoms with Gasteiger partial charge in [0, 0.05) is 0 Å². The molecule has 2 heterocycles. The summed E-state index contributed by atoms with van der Waals surface area (Å²) in [5.41, 5.74) is 1.49. The normalized spacial score (nSPS) is 11.2. The molecule has 0 atom stereocenters. The second-order valence-electron chi connectivity index (χ2n) is 2.26. The summed E-state index contributed by atoms with van der Waals surface area (Å²) >= 11 is 8.34. The third kappa shape index (κ3) is 1.16. The Morgan fingerprint density at radius 3 is 2.92 bits per heavy atom. The van der Waals surface area contributed by atoms with Gasteiger partial charge in [-0.05, 0) is 0 Å². The van der Waals surface area contributed by atoms with E-state index >= 15 is 0 Å². The molecule has 0 aliphatic rings. The maximum atomic E-state index is 4.17. The number of aromatic nitrogens is 4. The van der Waals surface area contributed by atoms with Crippen LogP contribution < -0.4 is 0 Å². The molecule has 2 rings (SSSR count). The van der Waals surface area contributed by atoms with Crippen LogP contribution in [0.25, 0.3) is 11.0 Å². The molecule has 0 aromatic carbocycles. The second kappa shape index (κ2) is 2.95. The number of nitrogens with one attached hydrogen (secondary N) is 1. The molecule has 0 radical (unpaired) electrons. The number of hydrogen-bond donors (Lipinski definition) is 3. The largest absolute Gasteiger partial charge is 0.261 e. The average Bonchev–Trinajstić information content (AvgIpc) is 2.49. The maximum Gasteiger partial charge on any atom is 0.158 e. The molecule has 0 bridgehead atoms. The van der Waals surface area contributed by atoms with Gasteiger partial charge in [0.15, 0.2) is 5.65 Å². The van der Waals surface area contributed by atoms with Crippen molar-refractivity contribution in [3.8, 4) is 0 Å². The van der Waals surface area contributed by atoms with Crippen LogP contribution >= 0.6 is 25.3 Å². The zero-order valence-corrected chi connectivity index (χ0v) is 7.76. The van der Waals surface area contributed by atoms with Crippen molar-refractivity contribution in [2.45, 2.75) is 4.58 Å². The van der Waals surface area contributed by atoms with Gasteiger partial charge in [-0.25, -0.2) is 9.97 Å². The fourth-order valence-electron chi connectivity index (χ4n) is 0.989. The Kier molecular flexibility index (Phi) is 1.93. The molecule has 0 amide bonds. The minimum atomic E-state index is -0.201. The molecular formula is C6H6N4S2. The van der Waals surface area contributed by atoms with E-state index in [-0.39, 0.29) is 4.58 Å². The lowest BCUT2D eigenvalue weighted by Gasteiger charge is -2.01. The first-order chi connectivity index (χ1) is 5.79. The highest BCUT2D eigenvalue weighted by Gasteiger charge is 2.08. The summed E-state index contributed by atoms with van der Waals surface area (Å²) < 4.78 is -0.201. The first-order valence-electron chi connectivity index (χ1n) is 3.29. The van der Waals surface area contributed by atoms with Crippen LogP contribution in [-0.2, 0) is 0 Å². The smallest absolute Gasteiger partial charge is 0.158 e. The van der Waals surface area contributed by atoms with Crippen LogP contribution in [0.5, 0.6) is 0 Å². The predicted octanol–water partition coefficient (Wildman–Crippen LogP) is 1.21. The summed E-state index contributed by atoms with van der Waals surface area (Å²) in [6.07, 6.45) is 3.14. The molecule has 0 unspecified atom stereocenters. The minimum Gasteiger partial charge on any atom is -0.261 e. The first kappa shape index (κ1) is 7.88. The van der Waals surface area contributed by atoms with E-state index in [1.807, 2.05) is 0 Å². The highest BCUT2D eigenvalue weighted by atomic mass is 32.2. The lowest BCUT2D eigenvalue weighted by molar-refractivity contribution is 1.08. The molecule has 0 fully saturated rings. The summed E-state index contributed by atoms with van der Waals surface area (Å²) in [4.78, 5) is 8.04. The van der Waals surface area contributed by atoms with Crippen molar-refractivity contribution in [2.75, 3.05) is 0 Å². The van der Waals surface area contributed by atoms with Gasteiger partial charge in [0.1, 0.15) is 6.33 Å². The average molecular weight is 198 g/mol. The van der Waals surface area contributed by atoms with Crippen molar-refractivity contribution in [3.63, 3.8) is 0 Å². The van der Waals surface area contributed by atoms with Gasteiger partial charge in [0.25, 0.3) is 0 Å². The Balaban J connectivity index is 2.73. The van der Waals surface area contributed by atoms with Crippen LogP contribution in [0.15, 0.2) is 12.5 Å². The topological polar surface area (TPSA) is 54.5 Å². The van der Waals surface area contributed by atoms with E-state index in [1.54, 1.807) is 6.20 Å². The van der Waals surface area contributed by atoms with Crippen molar-refractivity contribution >= 4 is 36.3 Å². The fourth-order valence-corrected chi connectivity index (χ4v) is 1.40. The van der Waals surface area contributed by atoms with Crippen LogP contribution in [0.2, 0.25) is 0 Å². The van der Waals surface area contributed by atoms with Gasteiger partial charge in [-0.2, -0.15) is 30.4 Å². The first-order valence-corrected chi connectivity index (χ1v) is 4.32. The molecule has 0 spiro atoms. The Hall–Kier alpha value is -0.750. The molecule has 2 aromatic rings. The van der Waals surface area contributed by atoms with Gasteiger partial charge in [-0.1, -0.05) is 0 Å². The van der Waals surface area contributed by atoms with E-state index in [0.29, 0.717) is 5.65 Å². The summed E-state index contributed by atoms with van der Waals surface area (Å²) in [5, 5.41) is 7.46. The highest BCUT2D eigenvalue weighted by molar-refractivity contribution is 7.98. The third-order valence-electron chi connectivity index (χ3n) is 1.52. The Morgan fingerprint density at radius 2 is 2.17 bits per heavy atom. The molecule has 4 nitrogen and oxygen atoms in total. The van der Waals surface area contributed by atoms with Crippen LogP contribution in [-0.4, -0.2) is 20.2 Å². The van der Waals surface area contributed by atoms with Crippen molar-refractivity contribution in [1.82, 2.24) is 20.2 Å². The molecule has 6 heteroatoms. The van der Waals surface area contributed by atoms with E-state index < -0.39 is 0 Å². The standard InChI is InChI=1S/C6H6N4S2/c11-6(12)4-3-1-9-10-5(3)8-2-7-4/h1-2,6,11-12H,(H,7,8,9,10). The highest BCUT2D eigenvalue weighted by Crippen LogP contribution is 2.26. The number of thiol groups is 2. The molecule has 1 N–H and O–H groups in total. The zero-order valence-electron chi connectivity index (χ0n) is 5.97. The summed E-state index contributed by atoms with van der Waals surface area (Å²) in [6, 6.07) is 0. The number of hydrogen-bond acceptors (Lipinski definition) is 5. The summed E-state index contributed by atoms with van der Waals surface area (Å²) in [5.74, 6) is 0. The van der Waals surface area contributed by atoms with Gasteiger partial charge in [-0.15, -0.1) is 0 Å². The predicted molar refractivity (Wildman–Crippen MR) is 52.4 cm³/mol. The van der Waals surface area contributed by atoms with E-state index in [0.717, 1.165) is 11.1 Å². The molecule has 0 saturated carbocycles. The molecule has 2 aromatic heterocycles. The van der Waals surface area contributed by atoms with Crippen molar-refractivity contribution in [1.29, 1.82) is 0 Å². The number of rotatable bonds is 1. The Labute approximate surface area is 79.6 Å². The van der Waals surface area contributed by atoms with E-state index in [4.69, 9.17) is 0 Å². The third-order valence-corrected chi connectivity index (χ3v) is 2.01. The molecule has 0 aliphatic carbocycles. The number of nitrogens with zero attached hydrogens (tertiary/aromatic N) is 3. The van der Waals surface area contributed by atoms with Gasteiger partial charge in [0.2, 0.25) is 0 Å². The molecule has 0 saturated heterocycles. The van der Waals surface area contributed by atoms with Crippen LogP contribution in [0, 0.1) is 0 Å². The van der Waals surface area contributed by atoms with E-state index in [1.165, 1.54) is 6.33 Å². The zero-order chi connectivity index (χ0) is 8.55. The lowest BCUT2D eigenvalue weighted by Crippen LogP contribution is -1.90. The van der Waals surface area contributed by atoms with Gasteiger partial charge < -0.3 is 0 Å². The monoisotopic (exact) mass is 198 g/mol. The van der Waals surface area contributed by atoms with Crippen molar-refractivity contribution in [2.24, 2.45) is 0 Å². The maximum absolute atomic E-state index is 4.17. The summed E-state index contributed by atoms with van der Waals surface area (Å²) in [7, 11) is 0. The van der Waals surface area contributed by atoms with E-state index in [2.05, 4.69) is 45.4 Å². The second-order valence-corrected chi connectivity index (χ2v) is 3.71.